The Kier molecular flexibility index (Phi) is 7.20. The third-order valence-electron chi connectivity index (χ3n) is 6.73. The highest BCUT2D eigenvalue weighted by Crippen LogP contribution is 2.39. The van der Waals surface area contributed by atoms with Crippen molar-refractivity contribution in [2.45, 2.75) is 26.1 Å². The maximum Gasteiger partial charge on any atom is 0.255 e. The minimum Gasteiger partial charge on any atom is -0.370 e. The first-order valence-corrected chi connectivity index (χ1v) is 11.9. The Morgan fingerprint density at radius 1 is 1.03 bits per heavy atom. The van der Waals surface area contributed by atoms with Gasteiger partial charge in [0.1, 0.15) is 6.67 Å². The van der Waals surface area contributed by atoms with Crippen molar-refractivity contribution in [2.24, 2.45) is 17.6 Å². The van der Waals surface area contributed by atoms with Crippen molar-refractivity contribution in [3.8, 4) is 0 Å². The van der Waals surface area contributed by atoms with Crippen molar-refractivity contribution < 1.29 is 14.0 Å². The van der Waals surface area contributed by atoms with E-state index in [-0.39, 0.29) is 57.3 Å². The number of aryl methyl sites for hydroxylation is 1. The van der Waals surface area contributed by atoms with Gasteiger partial charge in [-0.25, -0.2) is 4.39 Å². The van der Waals surface area contributed by atoms with E-state index in [9.17, 15) is 14.0 Å². The molecule has 2 amide bonds. The molecule has 0 radical (unpaired) electrons. The Labute approximate surface area is 207 Å². The van der Waals surface area contributed by atoms with Gasteiger partial charge in [0.05, 0.1) is 10.6 Å². The number of likely N-dealkylation sites (tertiary alicyclic amines) is 2. The molecule has 0 aliphatic carbocycles. The zero-order chi connectivity index (χ0) is 23.9. The third-order valence-corrected chi connectivity index (χ3v) is 7.80. The van der Waals surface area contributed by atoms with Gasteiger partial charge in [0.2, 0.25) is 5.91 Å². The minimum atomic E-state index is -0.763. The van der Waals surface area contributed by atoms with Gasteiger partial charge in [-0.2, -0.15) is 0 Å². The molecule has 2 aliphatic rings. The molecule has 0 bridgehead atoms. The van der Waals surface area contributed by atoms with Gasteiger partial charge < -0.3 is 10.6 Å². The highest BCUT2D eigenvalue weighted by Gasteiger charge is 2.44. The fourth-order valence-corrected chi connectivity index (χ4v) is 5.65. The number of fused-ring (bicyclic) bond motifs is 1. The first-order valence-electron chi connectivity index (χ1n) is 10.8. The molecule has 0 aromatic heterocycles. The SMILES string of the molecule is Cc1ccc(C(CC(N)=O)N2CC3CN(C(=O)c4cc(CF)c(Cl)cc4Cl)CC3C2)cc1Cl. The zero-order valence-corrected chi connectivity index (χ0v) is 20.4. The van der Waals surface area contributed by atoms with Crippen LogP contribution in [0.4, 0.5) is 4.39 Å². The number of primary amides is 1. The Hall–Kier alpha value is -1.86. The lowest BCUT2D eigenvalue weighted by Gasteiger charge is -2.29. The summed E-state index contributed by atoms with van der Waals surface area (Å²) < 4.78 is 13.2. The number of halogens is 4. The van der Waals surface area contributed by atoms with Gasteiger partial charge in [0.15, 0.2) is 0 Å². The van der Waals surface area contributed by atoms with E-state index in [4.69, 9.17) is 40.5 Å². The van der Waals surface area contributed by atoms with Crippen molar-refractivity contribution in [3.05, 3.63) is 67.7 Å². The van der Waals surface area contributed by atoms with Crippen LogP contribution in [0.3, 0.4) is 0 Å². The highest BCUT2D eigenvalue weighted by atomic mass is 35.5. The number of hydrogen-bond donors (Lipinski definition) is 1. The van der Waals surface area contributed by atoms with Crippen LogP contribution in [0, 0.1) is 18.8 Å². The number of benzene rings is 2. The van der Waals surface area contributed by atoms with Gasteiger partial charge >= 0.3 is 0 Å². The zero-order valence-electron chi connectivity index (χ0n) is 18.2. The van der Waals surface area contributed by atoms with Crippen LogP contribution in [0.25, 0.3) is 0 Å². The summed E-state index contributed by atoms with van der Waals surface area (Å²) in [5, 5.41) is 1.09. The van der Waals surface area contributed by atoms with Crippen molar-refractivity contribution in [1.82, 2.24) is 9.80 Å². The first kappa shape index (κ1) is 24.3. The molecular weight excluding hydrogens is 488 g/mol. The Morgan fingerprint density at radius 3 is 2.27 bits per heavy atom. The molecule has 2 fully saturated rings. The molecule has 3 atom stereocenters. The van der Waals surface area contributed by atoms with E-state index in [1.165, 1.54) is 12.1 Å². The van der Waals surface area contributed by atoms with Crippen molar-refractivity contribution >= 4 is 46.6 Å². The van der Waals surface area contributed by atoms with Crippen LogP contribution in [0.5, 0.6) is 0 Å². The van der Waals surface area contributed by atoms with Gasteiger partial charge in [0.25, 0.3) is 5.91 Å². The molecule has 5 nitrogen and oxygen atoms in total. The number of amides is 2. The average Bonchev–Trinajstić information content (AvgIpc) is 3.33. The first-order chi connectivity index (χ1) is 15.7. The van der Waals surface area contributed by atoms with E-state index >= 15 is 0 Å². The van der Waals surface area contributed by atoms with Crippen LogP contribution in [0.15, 0.2) is 30.3 Å². The molecular formula is C24H25Cl3FN3O2. The number of carbonyl (C=O) groups is 2. The van der Waals surface area contributed by atoms with Gasteiger partial charge in [0, 0.05) is 54.3 Å². The normalized spacial score (nSPS) is 21.3. The van der Waals surface area contributed by atoms with Gasteiger partial charge in [-0.1, -0.05) is 46.9 Å². The van der Waals surface area contributed by atoms with E-state index in [2.05, 4.69) is 4.90 Å². The summed E-state index contributed by atoms with van der Waals surface area (Å²) in [6.07, 6.45) is 0.202. The highest BCUT2D eigenvalue weighted by molar-refractivity contribution is 6.37. The predicted octanol–water partition coefficient (Wildman–Crippen LogP) is 5.05. The summed E-state index contributed by atoms with van der Waals surface area (Å²) in [7, 11) is 0. The summed E-state index contributed by atoms with van der Waals surface area (Å²) in [6, 6.07) is 8.55. The van der Waals surface area contributed by atoms with Gasteiger partial charge in [-0.05, 0) is 48.1 Å². The topological polar surface area (TPSA) is 66.6 Å². The smallest absolute Gasteiger partial charge is 0.255 e. The second-order valence-corrected chi connectivity index (χ2v) is 10.2. The van der Waals surface area contributed by atoms with E-state index in [0.29, 0.717) is 18.1 Å². The van der Waals surface area contributed by atoms with Crippen LogP contribution < -0.4 is 5.73 Å². The van der Waals surface area contributed by atoms with E-state index in [0.717, 1.165) is 24.2 Å². The number of nitrogens with zero attached hydrogens (tertiary/aromatic N) is 2. The molecule has 176 valence electrons. The third kappa shape index (κ3) is 4.99. The van der Waals surface area contributed by atoms with E-state index in [1.54, 1.807) is 4.90 Å². The molecule has 2 aromatic rings. The molecule has 2 N–H and O–H groups in total. The number of alkyl halides is 1. The molecule has 2 aromatic carbocycles. The number of nitrogens with two attached hydrogens (primary N) is 1. The summed E-state index contributed by atoms with van der Waals surface area (Å²) in [6.45, 7) is 3.79. The average molecular weight is 513 g/mol. The number of rotatable bonds is 6. The van der Waals surface area contributed by atoms with Crippen molar-refractivity contribution in [3.63, 3.8) is 0 Å². The minimum absolute atomic E-state index is 0.159. The molecule has 2 aliphatic heterocycles. The van der Waals surface area contributed by atoms with Gasteiger partial charge in [-0.3, -0.25) is 14.5 Å². The van der Waals surface area contributed by atoms with Crippen LogP contribution in [-0.2, 0) is 11.5 Å². The van der Waals surface area contributed by atoms with E-state index < -0.39 is 6.67 Å². The maximum atomic E-state index is 13.2. The second kappa shape index (κ2) is 9.79. The number of carbonyl (C=O) groups excluding carboxylic acids is 2. The van der Waals surface area contributed by atoms with Crippen molar-refractivity contribution in [2.75, 3.05) is 26.2 Å². The standard InChI is InChI=1S/C24H25Cl3FN3O2/c1-13-2-3-14(5-19(13)25)22(7-23(29)32)30-9-16-11-31(12-17(16)10-30)24(33)18-4-15(8-28)20(26)6-21(18)27/h2-6,16-17,22H,7-12H2,1H3,(H2,29,32). The molecule has 3 unspecified atom stereocenters. The summed E-state index contributed by atoms with van der Waals surface area (Å²) in [5.41, 5.74) is 8.01. The summed E-state index contributed by atoms with van der Waals surface area (Å²) >= 11 is 18.6. The Bertz CT molecular complexity index is 1080. The summed E-state index contributed by atoms with van der Waals surface area (Å²) in [4.78, 5) is 29.0. The number of hydrogen-bond acceptors (Lipinski definition) is 3. The fraction of sp³-hybridized carbons (Fsp3) is 0.417. The van der Waals surface area contributed by atoms with Crippen molar-refractivity contribution in [1.29, 1.82) is 0 Å². The Morgan fingerprint density at radius 2 is 1.70 bits per heavy atom. The molecule has 2 heterocycles. The predicted molar refractivity (Wildman–Crippen MR) is 128 cm³/mol. The maximum absolute atomic E-state index is 13.2. The molecule has 9 heteroatoms. The molecule has 4 rings (SSSR count). The monoisotopic (exact) mass is 511 g/mol. The molecule has 2 saturated heterocycles. The Balaban J connectivity index is 1.48. The summed E-state index contributed by atoms with van der Waals surface area (Å²) in [5.74, 6) is -0.0631. The van der Waals surface area contributed by atoms with Crippen LogP contribution in [0.2, 0.25) is 15.1 Å². The molecule has 0 saturated carbocycles. The fourth-order valence-electron chi connectivity index (χ4n) is 4.94. The lowest BCUT2D eigenvalue weighted by atomic mass is 10.0. The quantitative estimate of drug-likeness (QED) is 0.589. The van der Waals surface area contributed by atoms with Crippen LogP contribution in [0.1, 0.15) is 39.5 Å². The van der Waals surface area contributed by atoms with Gasteiger partial charge in [-0.15, -0.1) is 0 Å². The largest absolute Gasteiger partial charge is 0.370 e. The van der Waals surface area contributed by atoms with E-state index in [1.807, 2.05) is 25.1 Å². The molecule has 0 spiro atoms. The second-order valence-electron chi connectivity index (χ2n) is 8.94. The lowest BCUT2D eigenvalue weighted by Crippen LogP contribution is -2.36. The van der Waals surface area contributed by atoms with Crippen LogP contribution >= 0.6 is 34.8 Å². The molecule has 33 heavy (non-hydrogen) atoms. The lowest BCUT2D eigenvalue weighted by molar-refractivity contribution is -0.119. The van der Waals surface area contributed by atoms with Crippen LogP contribution in [-0.4, -0.2) is 47.8 Å².